The molecule has 2 aliphatic heterocycles. The van der Waals surface area contributed by atoms with Crippen LogP contribution in [-0.2, 0) is 15.9 Å². The summed E-state index contributed by atoms with van der Waals surface area (Å²) in [7, 11) is 0. The molecule has 1 aliphatic carbocycles. The fourth-order valence-corrected chi connectivity index (χ4v) is 5.89. The summed E-state index contributed by atoms with van der Waals surface area (Å²) in [6.07, 6.45) is -2.45. The topological polar surface area (TPSA) is 48.0 Å². The van der Waals surface area contributed by atoms with E-state index in [4.69, 9.17) is 9.47 Å². The van der Waals surface area contributed by atoms with Crippen LogP contribution in [0.25, 0.3) is 11.1 Å². The number of amides is 1. The van der Waals surface area contributed by atoms with E-state index in [0.717, 1.165) is 27.8 Å². The van der Waals surface area contributed by atoms with Crippen LogP contribution < -0.4 is 4.74 Å². The van der Waals surface area contributed by atoms with Crippen LogP contribution in [0.5, 0.6) is 5.75 Å². The molecule has 0 spiro atoms. The number of hydrogen-bond acceptors (Lipinski definition) is 4. The zero-order chi connectivity index (χ0) is 26.3. The van der Waals surface area contributed by atoms with E-state index in [1.165, 1.54) is 12.1 Å². The van der Waals surface area contributed by atoms with Gasteiger partial charge in [-0.2, -0.15) is 0 Å². The Bertz CT molecular complexity index is 1340. The minimum absolute atomic E-state index is 0.0385. The van der Waals surface area contributed by atoms with E-state index in [1.54, 1.807) is 17.0 Å². The van der Waals surface area contributed by atoms with E-state index >= 15 is 0 Å². The Balaban J connectivity index is 1.17. The smallest absolute Gasteiger partial charge is 0.448 e. The maximum atomic E-state index is 13.3. The van der Waals surface area contributed by atoms with Crippen molar-refractivity contribution in [1.29, 1.82) is 0 Å². The fourth-order valence-electron chi connectivity index (χ4n) is 5.89. The molecular formula is C30H26F3NO4. The lowest BCUT2D eigenvalue weighted by molar-refractivity contribution is -0.274. The fraction of sp³-hybridized carbons (Fsp3) is 0.300. The van der Waals surface area contributed by atoms with Gasteiger partial charge in [-0.15, -0.1) is 13.2 Å². The second-order valence-electron chi connectivity index (χ2n) is 9.83. The summed E-state index contributed by atoms with van der Waals surface area (Å²) in [5.74, 6) is -0.246. The Morgan fingerprint density at radius 3 is 2.26 bits per heavy atom. The van der Waals surface area contributed by atoms with E-state index in [1.807, 2.05) is 30.3 Å². The quantitative estimate of drug-likeness (QED) is 0.361. The number of carbonyl (C=O) groups excluding carboxylic acids is 1. The van der Waals surface area contributed by atoms with Crippen molar-refractivity contribution in [2.45, 2.75) is 37.2 Å². The molecule has 3 aromatic rings. The summed E-state index contributed by atoms with van der Waals surface area (Å²) in [6.45, 7) is 0.881. The van der Waals surface area contributed by atoms with Gasteiger partial charge in [0.1, 0.15) is 12.4 Å². The molecule has 0 saturated carbocycles. The minimum atomic E-state index is -4.76. The van der Waals surface area contributed by atoms with Gasteiger partial charge in [-0.3, -0.25) is 4.90 Å². The van der Waals surface area contributed by atoms with Gasteiger partial charge in [0.15, 0.2) is 0 Å². The van der Waals surface area contributed by atoms with Gasteiger partial charge in [0.05, 0.1) is 25.3 Å². The average Bonchev–Trinajstić information content (AvgIpc) is 3.21. The van der Waals surface area contributed by atoms with Gasteiger partial charge in [0, 0.05) is 5.92 Å². The highest BCUT2D eigenvalue weighted by atomic mass is 19.4. The number of benzene rings is 3. The highest BCUT2D eigenvalue weighted by molar-refractivity contribution is 5.79. The molecule has 0 N–H and O–H groups in total. The Hall–Kier alpha value is -3.78. The third-order valence-electron chi connectivity index (χ3n) is 7.44. The van der Waals surface area contributed by atoms with Gasteiger partial charge in [-0.25, -0.2) is 4.79 Å². The number of nitrogens with zero attached hydrogens (tertiary/aromatic N) is 1. The minimum Gasteiger partial charge on any atom is -0.448 e. The molecule has 1 saturated heterocycles. The van der Waals surface area contributed by atoms with Gasteiger partial charge >= 0.3 is 12.5 Å². The van der Waals surface area contributed by atoms with Crippen LogP contribution in [0.2, 0.25) is 0 Å². The van der Waals surface area contributed by atoms with Crippen molar-refractivity contribution in [2.24, 2.45) is 0 Å². The molecule has 2 heterocycles. The van der Waals surface area contributed by atoms with Crippen molar-refractivity contribution in [1.82, 2.24) is 4.90 Å². The molecule has 1 fully saturated rings. The molecule has 1 amide bonds. The first kappa shape index (κ1) is 24.6. The summed E-state index contributed by atoms with van der Waals surface area (Å²) >= 11 is 0. The van der Waals surface area contributed by atoms with E-state index in [-0.39, 0.29) is 30.4 Å². The summed E-state index contributed by atoms with van der Waals surface area (Å²) < 4.78 is 54.4. The average molecular weight is 522 g/mol. The maximum absolute atomic E-state index is 13.3. The number of para-hydroxylation sites is 1. The van der Waals surface area contributed by atoms with Gasteiger partial charge in [-0.1, -0.05) is 78.4 Å². The molecule has 6 rings (SSSR count). The molecule has 0 radical (unpaired) electrons. The van der Waals surface area contributed by atoms with E-state index in [2.05, 4.69) is 29.0 Å². The number of morpholine rings is 1. The normalized spacial score (nSPS) is 20.4. The predicted octanol–water partition coefficient (Wildman–Crippen LogP) is 6.48. The lowest BCUT2D eigenvalue weighted by Gasteiger charge is -2.44. The van der Waals surface area contributed by atoms with Gasteiger partial charge < -0.3 is 14.2 Å². The molecule has 8 heteroatoms. The number of rotatable bonds is 5. The van der Waals surface area contributed by atoms with Crippen molar-refractivity contribution >= 4 is 6.09 Å². The molecule has 38 heavy (non-hydrogen) atoms. The van der Waals surface area contributed by atoms with Gasteiger partial charge in [0.2, 0.25) is 0 Å². The molecule has 3 aliphatic rings. The van der Waals surface area contributed by atoms with Crippen molar-refractivity contribution in [3.05, 3.63) is 101 Å². The van der Waals surface area contributed by atoms with Crippen molar-refractivity contribution < 1.29 is 32.2 Å². The monoisotopic (exact) mass is 521 g/mol. The van der Waals surface area contributed by atoms with Gasteiger partial charge in [-0.05, 0) is 46.7 Å². The Labute approximate surface area is 218 Å². The lowest BCUT2D eigenvalue weighted by atomic mass is 9.90. The standard InChI is InChI=1S/C30H26F3NO4/c31-30(32,33)38-28-12-6-1-7-20(28)13-19-14-21-16-36-17-22(15-19)34(21)29(35)37-18-27-25-10-4-2-8-23(25)24-9-3-5-11-26(24)27/h1-12,14,21-22,27H,13,15-18H2. The molecule has 2 bridgehead atoms. The van der Waals surface area contributed by atoms with E-state index in [0.29, 0.717) is 31.6 Å². The van der Waals surface area contributed by atoms with Crippen molar-refractivity contribution in [3.63, 3.8) is 0 Å². The number of fused-ring (bicyclic) bond motifs is 5. The molecule has 2 unspecified atom stereocenters. The third kappa shape index (κ3) is 4.76. The van der Waals surface area contributed by atoms with Crippen LogP contribution in [-0.4, -0.2) is 49.3 Å². The number of halogens is 3. The Kier molecular flexibility index (Phi) is 6.35. The SMILES string of the molecule is O=C(OCC1c2ccccc2-c2ccccc21)N1C2C=C(Cc3ccccc3OC(F)(F)F)CC1COC2. The first-order chi connectivity index (χ1) is 18.4. The lowest BCUT2D eigenvalue weighted by Crippen LogP contribution is -2.56. The second-order valence-corrected chi connectivity index (χ2v) is 9.83. The summed E-state index contributed by atoms with van der Waals surface area (Å²) in [6, 6.07) is 21.9. The van der Waals surface area contributed by atoms with Crippen LogP contribution in [0.3, 0.4) is 0 Å². The second kappa shape index (κ2) is 9.83. The molecule has 0 aromatic heterocycles. The van der Waals surface area contributed by atoms with E-state index in [9.17, 15) is 18.0 Å². The van der Waals surface area contributed by atoms with E-state index < -0.39 is 12.5 Å². The molecular weight excluding hydrogens is 495 g/mol. The molecule has 2 atom stereocenters. The Morgan fingerprint density at radius 2 is 1.58 bits per heavy atom. The van der Waals surface area contributed by atoms with Crippen LogP contribution in [0.15, 0.2) is 84.4 Å². The zero-order valence-corrected chi connectivity index (χ0v) is 20.5. The highest BCUT2D eigenvalue weighted by Gasteiger charge is 2.40. The van der Waals surface area contributed by atoms with Crippen LogP contribution in [0.1, 0.15) is 29.0 Å². The summed E-state index contributed by atoms with van der Waals surface area (Å²) in [5, 5.41) is 0. The molecule has 196 valence electrons. The summed E-state index contributed by atoms with van der Waals surface area (Å²) in [5.41, 5.74) is 6.01. The molecule has 5 nitrogen and oxygen atoms in total. The predicted molar refractivity (Wildman–Crippen MR) is 135 cm³/mol. The number of alkyl halides is 3. The number of hydrogen-bond donors (Lipinski definition) is 0. The van der Waals surface area contributed by atoms with Crippen LogP contribution in [0.4, 0.5) is 18.0 Å². The zero-order valence-electron chi connectivity index (χ0n) is 20.5. The highest BCUT2D eigenvalue weighted by Crippen LogP contribution is 2.44. The third-order valence-corrected chi connectivity index (χ3v) is 7.44. The summed E-state index contributed by atoms with van der Waals surface area (Å²) in [4.78, 5) is 15.1. The van der Waals surface area contributed by atoms with Gasteiger partial charge in [0.25, 0.3) is 0 Å². The first-order valence-electron chi connectivity index (χ1n) is 12.6. The molecule has 3 aromatic carbocycles. The van der Waals surface area contributed by atoms with Crippen molar-refractivity contribution in [2.75, 3.05) is 19.8 Å². The van der Waals surface area contributed by atoms with Crippen molar-refractivity contribution in [3.8, 4) is 16.9 Å². The number of ether oxygens (including phenoxy) is 3. The van der Waals surface area contributed by atoms with Crippen LogP contribution in [0, 0.1) is 0 Å². The maximum Gasteiger partial charge on any atom is 0.573 e. The largest absolute Gasteiger partial charge is 0.573 e. The van der Waals surface area contributed by atoms with Crippen LogP contribution >= 0.6 is 0 Å². The first-order valence-corrected chi connectivity index (χ1v) is 12.6. The Morgan fingerprint density at radius 1 is 0.921 bits per heavy atom. The number of carbonyl (C=O) groups is 1.